The highest BCUT2D eigenvalue weighted by atomic mass is 16.3. The van der Waals surface area contributed by atoms with Gasteiger partial charge in [0.2, 0.25) is 0 Å². The Morgan fingerprint density at radius 1 is 1.30 bits per heavy atom. The lowest BCUT2D eigenvalue weighted by Crippen LogP contribution is -2.22. The van der Waals surface area contributed by atoms with Crippen molar-refractivity contribution in [3.8, 4) is 0 Å². The van der Waals surface area contributed by atoms with Crippen molar-refractivity contribution >= 4 is 5.78 Å². The van der Waals surface area contributed by atoms with E-state index in [9.17, 15) is 4.79 Å². The lowest BCUT2D eigenvalue weighted by atomic mass is 9.85. The highest BCUT2D eigenvalue weighted by Crippen LogP contribution is 2.24. The van der Waals surface area contributed by atoms with Crippen LogP contribution in [0.3, 0.4) is 0 Å². The molecule has 1 N–H and O–H groups in total. The number of hydrogen-bond donors (Lipinski definition) is 1. The molecule has 0 saturated heterocycles. The molecule has 2 heteroatoms. The zero-order valence-electron chi connectivity index (χ0n) is 6.05. The van der Waals surface area contributed by atoms with E-state index >= 15 is 0 Å². The summed E-state index contributed by atoms with van der Waals surface area (Å²) in [5, 5.41) is 9.08. The average Bonchev–Trinajstić information content (AvgIpc) is 1.88. The Kier molecular flexibility index (Phi) is 2.44. The third kappa shape index (κ3) is 1.81. The van der Waals surface area contributed by atoms with Crippen molar-refractivity contribution in [2.24, 2.45) is 5.92 Å². The van der Waals surface area contributed by atoms with Gasteiger partial charge in [0.25, 0.3) is 0 Å². The van der Waals surface area contributed by atoms with E-state index in [4.69, 9.17) is 5.11 Å². The predicted octanol–water partition coefficient (Wildman–Crippen LogP) is 0.941. The van der Waals surface area contributed by atoms with Crippen molar-refractivity contribution in [2.75, 3.05) is 0 Å². The van der Waals surface area contributed by atoms with Gasteiger partial charge in [0, 0.05) is 12.8 Å². The van der Waals surface area contributed by atoms with Crippen LogP contribution in [0.15, 0.2) is 0 Å². The minimum absolute atomic E-state index is 0.0342. The van der Waals surface area contributed by atoms with Gasteiger partial charge >= 0.3 is 0 Å². The second-order valence-electron chi connectivity index (χ2n) is 2.97. The summed E-state index contributed by atoms with van der Waals surface area (Å²) < 4.78 is 0. The van der Waals surface area contributed by atoms with E-state index in [0.717, 1.165) is 25.7 Å². The molecule has 0 heterocycles. The molecule has 10 heavy (non-hydrogen) atoms. The molecule has 0 atom stereocenters. The molecule has 1 aliphatic carbocycles. The van der Waals surface area contributed by atoms with E-state index < -0.39 is 0 Å². The van der Waals surface area contributed by atoms with Crippen molar-refractivity contribution < 1.29 is 9.90 Å². The Hall–Kier alpha value is -0.370. The van der Waals surface area contributed by atoms with Crippen LogP contribution in [0.4, 0.5) is 0 Å². The first kappa shape index (κ1) is 7.73. The number of aliphatic hydroxyl groups is 1. The maximum atomic E-state index is 10.7. The standard InChI is InChI=1S/C8H13O2/c1-6(9)7-2-4-8(10)5-3-7/h7-8,10H,1-5H2. The van der Waals surface area contributed by atoms with Crippen LogP contribution in [0, 0.1) is 12.8 Å². The maximum absolute atomic E-state index is 10.7. The van der Waals surface area contributed by atoms with Crippen LogP contribution >= 0.6 is 0 Å². The molecule has 1 aliphatic rings. The van der Waals surface area contributed by atoms with Crippen molar-refractivity contribution in [1.82, 2.24) is 0 Å². The molecule has 2 nitrogen and oxygen atoms in total. The molecule has 57 valence electrons. The molecule has 1 rings (SSSR count). The number of ketones is 1. The van der Waals surface area contributed by atoms with E-state index in [1.165, 1.54) is 0 Å². The number of rotatable bonds is 1. The molecule has 0 aliphatic heterocycles. The Bertz CT molecular complexity index is 123. The maximum Gasteiger partial charge on any atom is 0.136 e. The lowest BCUT2D eigenvalue weighted by Gasteiger charge is -2.22. The summed E-state index contributed by atoms with van der Waals surface area (Å²) >= 11 is 0. The topological polar surface area (TPSA) is 37.3 Å². The highest BCUT2D eigenvalue weighted by Gasteiger charge is 2.21. The van der Waals surface area contributed by atoms with Crippen molar-refractivity contribution in [2.45, 2.75) is 31.8 Å². The molecule has 0 unspecified atom stereocenters. The van der Waals surface area contributed by atoms with Gasteiger partial charge in [-0.25, -0.2) is 0 Å². The van der Waals surface area contributed by atoms with Gasteiger partial charge in [-0.1, -0.05) is 0 Å². The summed E-state index contributed by atoms with van der Waals surface area (Å²) in [6.07, 6.45) is 3.01. The third-order valence-electron chi connectivity index (χ3n) is 2.15. The molecule has 0 spiro atoms. The number of carbonyl (C=O) groups is 1. The minimum Gasteiger partial charge on any atom is -0.393 e. The van der Waals surface area contributed by atoms with Crippen molar-refractivity contribution in [1.29, 1.82) is 0 Å². The molecule has 0 amide bonds. The summed E-state index contributed by atoms with van der Waals surface area (Å²) in [6, 6.07) is 0. The number of carbonyl (C=O) groups excluding carboxylic acids is 1. The molecule has 1 saturated carbocycles. The summed E-state index contributed by atoms with van der Waals surface area (Å²) in [7, 11) is 0. The molecular weight excluding hydrogens is 128 g/mol. The number of aliphatic hydroxyl groups excluding tert-OH is 1. The first-order valence-electron chi connectivity index (χ1n) is 3.74. The van der Waals surface area contributed by atoms with Gasteiger partial charge in [0.15, 0.2) is 0 Å². The van der Waals surface area contributed by atoms with Crippen LogP contribution in [0.1, 0.15) is 25.7 Å². The SMILES string of the molecule is [CH2]C(=O)C1CCC(O)CC1. The van der Waals surface area contributed by atoms with Gasteiger partial charge in [-0.05, 0) is 25.7 Å². The van der Waals surface area contributed by atoms with E-state index in [1.807, 2.05) is 0 Å². The molecule has 0 aromatic rings. The van der Waals surface area contributed by atoms with Crippen LogP contribution in [0.5, 0.6) is 0 Å². The van der Waals surface area contributed by atoms with Gasteiger partial charge in [-0.15, -0.1) is 0 Å². The average molecular weight is 141 g/mol. The van der Waals surface area contributed by atoms with Crippen LogP contribution in [0.25, 0.3) is 0 Å². The number of hydrogen-bond acceptors (Lipinski definition) is 2. The summed E-state index contributed by atoms with van der Waals surface area (Å²) in [6.45, 7) is 3.37. The highest BCUT2D eigenvalue weighted by molar-refractivity contribution is 5.84. The van der Waals surface area contributed by atoms with Crippen LogP contribution in [-0.2, 0) is 4.79 Å². The van der Waals surface area contributed by atoms with Crippen molar-refractivity contribution in [3.05, 3.63) is 6.92 Å². The van der Waals surface area contributed by atoms with Crippen LogP contribution in [0.2, 0.25) is 0 Å². The van der Waals surface area contributed by atoms with E-state index in [-0.39, 0.29) is 17.8 Å². The fourth-order valence-electron chi connectivity index (χ4n) is 1.40. The Morgan fingerprint density at radius 3 is 2.20 bits per heavy atom. The number of Topliss-reactive ketones (excluding diaryl/α,β-unsaturated/α-hetero) is 1. The third-order valence-corrected chi connectivity index (χ3v) is 2.15. The molecule has 0 aromatic carbocycles. The summed E-state index contributed by atoms with van der Waals surface area (Å²) in [5.74, 6) is 0.162. The molecule has 1 fully saturated rings. The first-order valence-corrected chi connectivity index (χ1v) is 3.74. The van der Waals surface area contributed by atoms with Gasteiger partial charge in [0.1, 0.15) is 5.78 Å². The van der Waals surface area contributed by atoms with Gasteiger partial charge < -0.3 is 5.11 Å². The Morgan fingerprint density at radius 2 is 1.80 bits per heavy atom. The van der Waals surface area contributed by atoms with Gasteiger partial charge in [-0.3, -0.25) is 4.79 Å². The second kappa shape index (κ2) is 3.15. The Balaban J connectivity index is 2.33. The smallest absolute Gasteiger partial charge is 0.136 e. The fraction of sp³-hybridized carbons (Fsp3) is 0.750. The second-order valence-corrected chi connectivity index (χ2v) is 2.97. The van der Waals surface area contributed by atoms with Crippen molar-refractivity contribution in [3.63, 3.8) is 0 Å². The van der Waals surface area contributed by atoms with E-state index in [1.54, 1.807) is 0 Å². The minimum atomic E-state index is -0.171. The zero-order valence-corrected chi connectivity index (χ0v) is 6.05. The van der Waals surface area contributed by atoms with Gasteiger partial charge in [-0.2, -0.15) is 0 Å². The lowest BCUT2D eigenvalue weighted by molar-refractivity contribution is -0.119. The quantitative estimate of drug-likeness (QED) is 0.590. The molecule has 0 aromatic heterocycles. The summed E-state index contributed by atoms with van der Waals surface area (Å²) in [5.41, 5.74) is 0. The van der Waals surface area contributed by atoms with Crippen LogP contribution < -0.4 is 0 Å². The molecular formula is C8H13O2. The van der Waals surface area contributed by atoms with E-state index in [2.05, 4.69) is 6.92 Å². The largest absolute Gasteiger partial charge is 0.393 e. The fourth-order valence-corrected chi connectivity index (χ4v) is 1.40. The first-order chi connectivity index (χ1) is 4.70. The monoisotopic (exact) mass is 141 g/mol. The zero-order chi connectivity index (χ0) is 7.56. The normalized spacial score (nSPS) is 33.8. The Labute approximate surface area is 61.2 Å². The predicted molar refractivity (Wildman–Crippen MR) is 38.3 cm³/mol. The van der Waals surface area contributed by atoms with E-state index in [0.29, 0.717) is 0 Å². The molecule has 0 bridgehead atoms. The van der Waals surface area contributed by atoms with Gasteiger partial charge in [0.05, 0.1) is 6.10 Å². The molecule has 1 radical (unpaired) electrons. The van der Waals surface area contributed by atoms with Crippen LogP contribution in [-0.4, -0.2) is 17.0 Å². The summed E-state index contributed by atoms with van der Waals surface area (Å²) in [4.78, 5) is 10.7.